The summed E-state index contributed by atoms with van der Waals surface area (Å²) < 4.78 is 0. The molecule has 9 heterocycles. The minimum atomic E-state index is -0.938. The molecular weight excluding hydrogens is 817 g/mol. The Morgan fingerprint density at radius 1 is 0.406 bits per heavy atom. The summed E-state index contributed by atoms with van der Waals surface area (Å²) in [4.78, 5) is 71.1. The quantitative estimate of drug-likeness (QED) is 0.0868. The Labute approximate surface area is 365 Å². The highest BCUT2D eigenvalue weighted by Gasteiger charge is 2.23. The zero-order valence-corrected chi connectivity index (χ0v) is 34.3. The molecule has 64 heavy (non-hydrogen) atoms. The van der Waals surface area contributed by atoms with Crippen LogP contribution in [0.15, 0.2) is 97.7 Å². The first-order valence-corrected chi connectivity index (χ1v) is 20.5. The summed E-state index contributed by atoms with van der Waals surface area (Å²) in [7, 11) is 0. The Kier molecular flexibility index (Phi) is 11.0. The Morgan fingerprint density at radius 3 is 0.828 bits per heavy atom. The molecule has 0 spiro atoms. The molecule has 3 aromatic heterocycles. The van der Waals surface area contributed by atoms with Crippen LogP contribution >= 0.6 is 0 Å². The maximum Gasteiger partial charge on any atom is 0.323 e. The summed E-state index contributed by atoms with van der Waals surface area (Å²) >= 11 is 0. The van der Waals surface area contributed by atoms with Crippen molar-refractivity contribution in [3.63, 3.8) is 0 Å². The van der Waals surface area contributed by atoms with Gasteiger partial charge in [0, 0.05) is 95.3 Å². The van der Waals surface area contributed by atoms with E-state index in [1.165, 1.54) is 0 Å². The molecule has 0 radical (unpaired) electrons. The van der Waals surface area contributed by atoms with Crippen LogP contribution in [0.1, 0.15) is 45.0 Å². The first-order valence-electron chi connectivity index (χ1n) is 20.5. The molecule has 0 saturated carbocycles. The average molecular weight is 859 g/mol. The monoisotopic (exact) mass is 858 g/mol. The van der Waals surface area contributed by atoms with Crippen LogP contribution in [0, 0.1) is 0 Å². The fourth-order valence-corrected chi connectivity index (χ4v) is 8.45. The molecule has 0 fully saturated rings. The number of fused-ring (bicyclic) bond motifs is 8. The van der Waals surface area contributed by atoms with E-state index in [4.69, 9.17) is 9.97 Å². The van der Waals surface area contributed by atoms with E-state index in [0.717, 1.165) is 66.6 Å². The first-order chi connectivity index (χ1) is 30.9. The minimum absolute atomic E-state index is 0.153. The van der Waals surface area contributed by atoms with E-state index in [9.17, 15) is 39.6 Å². The van der Waals surface area contributed by atoms with Crippen LogP contribution < -0.4 is 0 Å². The van der Waals surface area contributed by atoms with Crippen LogP contribution in [-0.4, -0.2) is 136 Å². The van der Waals surface area contributed by atoms with Gasteiger partial charge in [0.05, 0.1) is 22.8 Å². The van der Waals surface area contributed by atoms with Gasteiger partial charge in [-0.15, -0.1) is 0 Å². The summed E-state index contributed by atoms with van der Waals surface area (Å²) in [5.41, 5.74) is 12.0. The Hall–Kier alpha value is -8.40. The molecule has 0 unspecified atom stereocenters. The number of nitrogens with one attached hydrogen (secondary N) is 2. The summed E-state index contributed by atoms with van der Waals surface area (Å²) in [6.07, 6.45) is 30.3. The second-order valence-electron chi connectivity index (χ2n) is 15.7. The van der Waals surface area contributed by atoms with Gasteiger partial charge in [0.25, 0.3) is 0 Å². The number of aliphatic carboxylic acids is 4. The van der Waals surface area contributed by atoms with Gasteiger partial charge in [-0.1, -0.05) is 24.3 Å². The van der Waals surface area contributed by atoms with E-state index in [1.807, 2.05) is 97.2 Å². The summed E-state index contributed by atoms with van der Waals surface area (Å²) in [5.74, 6) is -3.75. The second kappa shape index (κ2) is 17.2. The number of hydrogen-bond donors (Lipinski definition) is 6. The number of allylic oxidation sites excluding steroid dienone is 8. The van der Waals surface area contributed by atoms with E-state index >= 15 is 0 Å². The number of aromatic amines is 2. The fourth-order valence-electron chi connectivity index (χ4n) is 8.45. The standard InChI is InChI=1S/C48H42N8O8/c57-41(58)25-53-17-9-29(10-18-53)45-33-1-2-34(49-33)46(30-11-19-54(20-12-30)26-42(59)60)36-5-6-38(51-36)48(32-15-23-56(24-16-32)28-44(63)64)40-8-7-39(52-40)47(37-4-3-35(45)50-37)31-13-21-55(22-14-31)27-43(61)62/h1-17,19,21,23,49,52H,18,20,22,24-28H2,(H,57,58)(H,59,60)(H,61,62)(H,63,64). The van der Waals surface area contributed by atoms with Gasteiger partial charge in [-0.05, 0) is 95.2 Å². The number of carboxylic acids is 4. The zero-order valence-electron chi connectivity index (χ0n) is 34.3. The smallest absolute Gasteiger partial charge is 0.323 e. The molecule has 6 aliphatic rings. The number of nitrogens with zero attached hydrogens (tertiary/aromatic N) is 6. The van der Waals surface area contributed by atoms with E-state index in [1.54, 1.807) is 44.4 Å². The molecule has 16 heteroatoms. The van der Waals surface area contributed by atoms with Crippen molar-refractivity contribution in [2.24, 2.45) is 0 Å². The third-order valence-corrected chi connectivity index (χ3v) is 11.3. The van der Waals surface area contributed by atoms with Crippen LogP contribution in [0.25, 0.3) is 68.7 Å². The molecule has 6 aliphatic heterocycles. The van der Waals surface area contributed by atoms with Crippen LogP contribution in [0.5, 0.6) is 0 Å². The lowest BCUT2D eigenvalue weighted by molar-refractivity contribution is -0.138. The normalized spacial score (nSPS) is 16.5. The molecule has 9 rings (SSSR count). The highest BCUT2D eigenvalue weighted by molar-refractivity contribution is 5.99. The first kappa shape index (κ1) is 41.0. The van der Waals surface area contributed by atoms with Crippen molar-refractivity contribution in [3.05, 3.63) is 143 Å². The molecule has 0 saturated heterocycles. The Bertz CT molecular complexity index is 2620. The van der Waals surface area contributed by atoms with Gasteiger partial charge in [0.1, 0.15) is 26.2 Å². The molecular formula is C48H42N8O8. The highest BCUT2D eigenvalue weighted by atomic mass is 16.4. The van der Waals surface area contributed by atoms with Crippen molar-refractivity contribution >= 4 is 92.5 Å². The molecule has 3 aromatic rings. The minimum Gasteiger partial charge on any atom is -0.480 e. The van der Waals surface area contributed by atoms with Crippen LogP contribution in [-0.2, 0) is 19.2 Å². The van der Waals surface area contributed by atoms with E-state index < -0.39 is 23.9 Å². The van der Waals surface area contributed by atoms with E-state index in [2.05, 4.69) is 9.97 Å². The van der Waals surface area contributed by atoms with Crippen molar-refractivity contribution in [2.45, 2.75) is 0 Å². The molecule has 0 atom stereocenters. The molecule has 0 amide bonds. The number of carboxylic acid groups (broad SMARTS) is 4. The highest BCUT2D eigenvalue weighted by Crippen LogP contribution is 2.37. The Balaban J connectivity index is 1.32. The van der Waals surface area contributed by atoms with Crippen LogP contribution in [0.2, 0.25) is 0 Å². The molecule has 0 aromatic carbocycles. The summed E-state index contributed by atoms with van der Waals surface area (Å²) in [6, 6.07) is 7.91. The predicted octanol–water partition coefficient (Wildman–Crippen LogP) is 5.84. The summed E-state index contributed by atoms with van der Waals surface area (Å²) in [5, 5.41) is 38.0. The maximum atomic E-state index is 11.6. The van der Waals surface area contributed by atoms with Crippen molar-refractivity contribution in [2.75, 3.05) is 52.4 Å². The number of H-pyrrole nitrogens is 2. The molecule has 6 N–H and O–H groups in total. The van der Waals surface area contributed by atoms with Gasteiger partial charge >= 0.3 is 23.9 Å². The number of carbonyl (C=O) groups is 4. The number of aromatic nitrogens is 4. The second-order valence-corrected chi connectivity index (χ2v) is 15.7. The lowest BCUT2D eigenvalue weighted by atomic mass is 10.0. The predicted molar refractivity (Wildman–Crippen MR) is 244 cm³/mol. The number of rotatable bonds is 12. The van der Waals surface area contributed by atoms with E-state index in [0.29, 0.717) is 49.0 Å². The van der Waals surface area contributed by atoms with Gasteiger partial charge in [-0.25, -0.2) is 9.97 Å². The largest absolute Gasteiger partial charge is 0.480 e. The third-order valence-electron chi connectivity index (χ3n) is 11.3. The molecule has 16 nitrogen and oxygen atoms in total. The molecule has 0 aliphatic carbocycles. The SMILES string of the molecule is O=C(O)CN1C=CC(c2c3nc(c(C4=CCN(CC(=O)O)C=C4)c4ccc([nH]4)c(C4=CCN(CC(=O)O)C=C4)c4nc(c(C5=CCN(CC(=O)O)C=C5)c5ccc2[nH]5)C=C4)C=C3)=CC1. The van der Waals surface area contributed by atoms with Gasteiger partial charge in [-0.2, -0.15) is 0 Å². The lowest BCUT2D eigenvalue weighted by Gasteiger charge is -2.21. The van der Waals surface area contributed by atoms with Crippen molar-refractivity contribution < 1.29 is 39.6 Å². The van der Waals surface area contributed by atoms with Gasteiger partial charge in [0.15, 0.2) is 0 Å². The maximum absolute atomic E-state index is 11.6. The third kappa shape index (κ3) is 8.56. The lowest BCUT2D eigenvalue weighted by Crippen LogP contribution is -2.26. The fraction of sp³-hybridized carbons (Fsp3) is 0.167. The van der Waals surface area contributed by atoms with Crippen LogP contribution in [0.3, 0.4) is 0 Å². The number of hydrogen-bond acceptors (Lipinski definition) is 10. The van der Waals surface area contributed by atoms with Gasteiger partial charge < -0.3 is 50.0 Å². The van der Waals surface area contributed by atoms with Gasteiger partial charge in [0.2, 0.25) is 0 Å². The zero-order chi connectivity index (χ0) is 44.5. The average Bonchev–Trinajstić information content (AvgIpc) is 4.11. The van der Waals surface area contributed by atoms with Crippen LogP contribution in [0.4, 0.5) is 0 Å². The molecule has 322 valence electrons. The van der Waals surface area contributed by atoms with Crippen molar-refractivity contribution in [1.29, 1.82) is 0 Å². The molecule has 8 bridgehead atoms. The van der Waals surface area contributed by atoms with Crippen molar-refractivity contribution in [3.8, 4) is 0 Å². The van der Waals surface area contributed by atoms with Gasteiger partial charge in [-0.3, -0.25) is 19.2 Å². The van der Waals surface area contributed by atoms with Crippen molar-refractivity contribution in [1.82, 2.24) is 39.5 Å². The Morgan fingerprint density at radius 2 is 0.641 bits per heavy atom. The topological polar surface area (TPSA) is 220 Å². The summed E-state index contributed by atoms with van der Waals surface area (Å²) in [6.45, 7) is 0.831. The van der Waals surface area contributed by atoms with E-state index in [-0.39, 0.29) is 26.2 Å².